The zero-order valence-electron chi connectivity index (χ0n) is 13.8. The van der Waals surface area contributed by atoms with Crippen LogP contribution in [0.15, 0.2) is 30.3 Å². The van der Waals surface area contributed by atoms with Crippen LogP contribution in [0, 0.1) is 25.6 Å². The number of nitrogens with zero attached hydrogens (tertiary/aromatic N) is 2. The highest BCUT2D eigenvalue weighted by atomic mass is 19.1. The molecule has 23 heavy (non-hydrogen) atoms. The molecule has 2 N–H and O–H groups in total. The minimum Gasteiger partial charge on any atom is -0.338 e. The molecule has 0 aliphatic heterocycles. The summed E-state index contributed by atoms with van der Waals surface area (Å²) in [6.45, 7) is 7.47. The molecular weight excluding hydrogens is 295 g/mol. The molecule has 0 spiro atoms. The Kier molecular flexibility index (Phi) is 5.73. The van der Waals surface area contributed by atoms with Gasteiger partial charge in [0.25, 0.3) is 0 Å². The molecule has 1 aromatic carbocycles. The van der Waals surface area contributed by atoms with E-state index in [0.717, 1.165) is 17.9 Å². The molecule has 0 aliphatic carbocycles. The van der Waals surface area contributed by atoms with Crippen LogP contribution in [-0.4, -0.2) is 22.4 Å². The standard InChI is InChI=1S/C17H23FN4O/c1-12(11-22-14(3)8-13(2)21-22)9-19-17(23)20-10-15-6-4-5-7-16(15)18/h4-8,12H,9-11H2,1-3H3,(H2,19,20,23). The van der Waals surface area contributed by atoms with Gasteiger partial charge in [0.2, 0.25) is 0 Å². The summed E-state index contributed by atoms with van der Waals surface area (Å²) in [4.78, 5) is 11.8. The van der Waals surface area contributed by atoms with E-state index in [1.165, 1.54) is 6.07 Å². The number of hydrogen-bond acceptors (Lipinski definition) is 2. The number of benzene rings is 1. The number of amides is 2. The van der Waals surface area contributed by atoms with E-state index in [1.807, 2.05) is 31.5 Å². The summed E-state index contributed by atoms with van der Waals surface area (Å²) >= 11 is 0. The van der Waals surface area contributed by atoms with Crippen molar-refractivity contribution in [3.8, 4) is 0 Å². The Morgan fingerprint density at radius 3 is 2.70 bits per heavy atom. The van der Waals surface area contributed by atoms with Gasteiger partial charge < -0.3 is 10.6 Å². The predicted molar refractivity (Wildman–Crippen MR) is 87.5 cm³/mol. The highest BCUT2D eigenvalue weighted by Crippen LogP contribution is 2.06. The molecule has 6 heteroatoms. The molecule has 0 saturated heterocycles. The third kappa shape index (κ3) is 5.09. The van der Waals surface area contributed by atoms with E-state index in [2.05, 4.69) is 15.7 Å². The van der Waals surface area contributed by atoms with Crippen LogP contribution in [-0.2, 0) is 13.1 Å². The first-order valence-electron chi connectivity index (χ1n) is 7.72. The molecule has 1 unspecified atom stereocenters. The maximum atomic E-state index is 13.5. The van der Waals surface area contributed by atoms with Crippen molar-refractivity contribution >= 4 is 6.03 Å². The number of urea groups is 1. The number of halogens is 1. The fourth-order valence-electron chi connectivity index (χ4n) is 2.37. The number of rotatable bonds is 6. The molecule has 0 fully saturated rings. The first-order chi connectivity index (χ1) is 11.0. The number of nitrogens with one attached hydrogen (secondary N) is 2. The summed E-state index contributed by atoms with van der Waals surface area (Å²) in [7, 11) is 0. The number of carbonyl (C=O) groups is 1. The van der Waals surface area contributed by atoms with Gasteiger partial charge in [-0.05, 0) is 31.9 Å². The van der Waals surface area contributed by atoms with Crippen molar-refractivity contribution in [3.63, 3.8) is 0 Å². The second-order valence-electron chi connectivity index (χ2n) is 5.87. The van der Waals surface area contributed by atoms with Crippen LogP contribution >= 0.6 is 0 Å². The van der Waals surface area contributed by atoms with Gasteiger partial charge in [0.15, 0.2) is 0 Å². The Balaban J connectivity index is 1.73. The quantitative estimate of drug-likeness (QED) is 0.860. The number of hydrogen-bond donors (Lipinski definition) is 2. The third-order valence-corrected chi connectivity index (χ3v) is 3.60. The van der Waals surface area contributed by atoms with Crippen molar-refractivity contribution in [1.29, 1.82) is 0 Å². The van der Waals surface area contributed by atoms with Crippen LogP contribution < -0.4 is 10.6 Å². The van der Waals surface area contributed by atoms with Crippen LogP contribution in [0.25, 0.3) is 0 Å². The Morgan fingerprint density at radius 2 is 2.04 bits per heavy atom. The fraction of sp³-hybridized carbons (Fsp3) is 0.412. The smallest absolute Gasteiger partial charge is 0.315 e. The zero-order valence-corrected chi connectivity index (χ0v) is 13.8. The maximum absolute atomic E-state index is 13.5. The van der Waals surface area contributed by atoms with Crippen molar-refractivity contribution in [1.82, 2.24) is 20.4 Å². The van der Waals surface area contributed by atoms with E-state index in [4.69, 9.17) is 0 Å². The number of carbonyl (C=O) groups excluding carboxylic acids is 1. The lowest BCUT2D eigenvalue weighted by atomic mass is 10.2. The van der Waals surface area contributed by atoms with E-state index < -0.39 is 0 Å². The molecule has 2 amide bonds. The third-order valence-electron chi connectivity index (χ3n) is 3.60. The Morgan fingerprint density at radius 1 is 1.30 bits per heavy atom. The van der Waals surface area contributed by atoms with Crippen molar-refractivity contribution < 1.29 is 9.18 Å². The minimum atomic E-state index is -0.314. The molecule has 5 nitrogen and oxygen atoms in total. The SMILES string of the molecule is Cc1cc(C)n(CC(C)CNC(=O)NCc2ccccc2F)n1. The van der Waals surface area contributed by atoms with Crippen LogP contribution in [0.2, 0.25) is 0 Å². The molecule has 0 saturated carbocycles. The first kappa shape index (κ1) is 17.0. The minimum absolute atomic E-state index is 0.171. The zero-order chi connectivity index (χ0) is 16.8. The topological polar surface area (TPSA) is 59.0 Å². The molecule has 0 aliphatic rings. The molecule has 2 rings (SSSR count). The highest BCUT2D eigenvalue weighted by molar-refractivity contribution is 5.73. The van der Waals surface area contributed by atoms with Gasteiger partial charge in [-0.1, -0.05) is 25.1 Å². The molecule has 1 aromatic heterocycles. The lowest BCUT2D eigenvalue weighted by Crippen LogP contribution is -2.38. The lowest BCUT2D eigenvalue weighted by molar-refractivity contribution is 0.238. The molecule has 1 heterocycles. The molecule has 124 valence electrons. The summed E-state index contributed by atoms with van der Waals surface area (Å²) in [6.07, 6.45) is 0. The predicted octanol–water partition coefficient (Wildman–Crippen LogP) is 2.77. The lowest BCUT2D eigenvalue weighted by Gasteiger charge is -2.14. The van der Waals surface area contributed by atoms with Crippen molar-refractivity contribution in [2.75, 3.05) is 6.54 Å². The summed E-state index contributed by atoms with van der Waals surface area (Å²) in [6, 6.07) is 8.13. The molecule has 0 bridgehead atoms. The second kappa shape index (κ2) is 7.76. The number of aromatic nitrogens is 2. The summed E-state index contributed by atoms with van der Waals surface area (Å²) < 4.78 is 15.4. The van der Waals surface area contributed by atoms with Gasteiger partial charge in [-0.3, -0.25) is 4.68 Å². The molecule has 2 aromatic rings. The summed E-state index contributed by atoms with van der Waals surface area (Å²) in [5, 5.41) is 9.88. The van der Waals surface area contributed by atoms with E-state index in [-0.39, 0.29) is 24.3 Å². The van der Waals surface area contributed by atoms with Crippen LogP contribution in [0.3, 0.4) is 0 Å². The average molecular weight is 318 g/mol. The van der Waals surface area contributed by atoms with Gasteiger partial charge in [0, 0.05) is 30.9 Å². The Labute approximate surface area is 135 Å². The van der Waals surface area contributed by atoms with Crippen LogP contribution in [0.5, 0.6) is 0 Å². The van der Waals surface area contributed by atoms with Crippen molar-refractivity contribution in [2.24, 2.45) is 5.92 Å². The number of aryl methyl sites for hydroxylation is 2. The largest absolute Gasteiger partial charge is 0.338 e. The van der Waals surface area contributed by atoms with Gasteiger partial charge in [0.1, 0.15) is 5.82 Å². The van der Waals surface area contributed by atoms with Gasteiger partial charge in [0.05, 0.1) is 5.69 Å². The van der Waals surface area contributed by atoms with Crippen LogP contribution in [0.4, 0.5) is 9.18 Å². The van der Waals surface area contributed by atoms with E-state index in [0.29, 0.717) is 12.1 Å². The maximum Gasteiger partial charge on any atom is 0.315 e. The van der Waals surface area contributed by atoms with Gasteiger partial charge in [-0.25, -0.2) is 9.18 Å². The van der Waals surface area contributed by atoms with Gasteiger partial charge in [-0.15, -0.1) is 0 Å². The Bertz CT molecular complexity index is 668. The normalized spacial score (nSPS) is 12.0. The molecule has 1 atom stereocenters. The van der Waals surface area contributed by atoms with Crippen LogP contribution in [0.1, 0.15) is 23.9 Å². The fourth-order valence-corrected chi connectivity index (χ4v) is 2.37. The monoisotopic (exact) mass is 318 g/mol. The van der Waals surface area contributed by atoms with E-state index in [9.17, 15) is 9.18 Å². The van der Waals surface area contributed by atoms with Gasteiger partial charge >= 0.3 is 6.03 Å². The van der Waals surface area contributed by atoms with Crippen molar-refractivity contribution in [2.45, 2.75) is 33.9 Å². The molecular formula is C17H23FN4O. The van der Waals surface area contributed by atoms with Crippen molar-refractivity contribution in [3.05, 3.63) is 53.1 Å². The summed E-state index contributed by atoms with van der Waals surface area (Å²) in [5.74, 6) is -0.0714. The first-order valence-corrected chi connectivity index (χ1v) is 7.72. The molecule has 0 radical (unpaired) electrons. The van der Waals surface area contributed by atoms with E-state index in [1.54, 1.807) is 18.2 Å². The van der Waals surface area contributed by atoms with E-state index >= 15 is 0 Å². The van der Waals surface area contributed by atoms with Gasteiger partial charge in [-0.2, -0.15) is 5.10 Å². The highest BCUT2D eigenvalue weighted by Gasteiger charge is 2.09. The summed E-state index contributed by atoms with van der Waals surface area (Å²) in [5.41, 5.74) is 2.57. The second-order valence-corrected chi connectivity index (χ2v) is 5.87. The average Bonchev–Trinajstić information content (AvgIpc) is 2.82. The Hall–Kier alpha value is -2.37.